The molecule has 2 heteroatoms. The lowest BCUT2D eigenvalue weighted by Gasteiger charge is -2.21. The number of aliphatic hydroxyl groups is 1. The number of aryl methyl sites for hydroxylation is 2. The highest BCUT2D eigenvalue weighted by Gasteiger charge is 2.16. The van der Waals surface area contributed by atoms with Crippen molar-refractivity contribution in [2.75, 3.05) is 6.54 Å². The zero-order valence-electron chi connectivity index (χ0n) is 18.5. The highest BCUT2D eigenvalue weighted by Crippen LogP contribution is 2.36. The van der Waals surface area contributed by atoms with Gasteiger partial charge in [-0.2, -0.15) is 0 Å². The molecule has 3 N–H and O–H groups in total. The van der Waals surface area contributed by atoms with Crippen LogP contribution in [0, 0.1) is 0 Å². The third-order valence-electron chi connectivity index (χ3n) is 6.42. The summed E-state index contributed by atoms with van der Waals surface area (Å²) in [5.74, 6) is 0. The summed E-state index contributed by atoms with van der Waals surface area (Å²) in [5, 5.41) is 15.0. The van der Waals surface area contributed by atoms with Crippen molar-refractivity contribution < 1.29 is 5.11 Å². The summed E-state index contributed by atoms with van der Waals surface area (Å²) in [6, 6.07) is 25.5. The molecule has 0 bridgehead atoms. The largest absolute Gasteiger partial charge is 0.388 e. The van der Waals surface area contributed by atoms with Crippen molar-refractivity contribution >= 4 is 21.5 Å². The lowest BCUT2D eigenvalue weighted by atomic mass is 9.84. The van der Waals surface area contributed by atoms with E-state index >= 15 is 0 Å². The second-order valence-corrected chi connectivity index (χ2v) is 8.46. The van der Waals surface area contributed by atoms with Crippen LogP contribution in [0.3, 0.4) is 0 Å². The molecular weight excluding hydrogens is 378 g/mol. The van der Waals surface area contributed by atoms with Crippen molar-refractivity contribution in [1.82, 2.24) is 0 Å². The van der Waals surface area contributed by atoms with Crippen LogP contribution in [0.4, 0.5) is 0 Å². The Balaban J connectivity index is 0.000000196. The lowest BCUT2D eigenvalue weighted by Crippen LogP contribution is -2.08. The number of nitrogens with two attached hydrogens (primary N) is 1. The molecule has 1 unspecified atom stereocenters. The molecule has 0 saturated heterocycles. The summed E-state index contributed by atoms with van der Waals surface area (Å²) in [6.45, 7) is 2.69. The minimum absolute atomic E-state index is 0.291. The maximum Gasteiger partial charge on any atom is 0.0787 e. The Labute approximate surface area is 185 Å². The van der Waals surface area contributed by atoms with Gasteiger partial charge in [-0.3, -0.25) is 0 Å². The van der Waals surface area contributed by atoms with Gasteiger partial charge in [-0.05, 0) is 88.9 Å². The van der Waals surface area contributed by atoms with E-state index in [0.717, 1.165) is 24.9 Å². The standard InChI is InChI=1S/C20H21N.C9H12O/c21-12-11-16-13-15-6-2-3-7-17(15)19-10-9-14-5-1-4-8-18(14)20(16)19;1-2-9(10)8-6-4-3-5-7-8/h2-3,6-7,9-10,13H,1,4-5,8,11-12,21H2;3-7,9-10H,2H2,1H3. The monoisotopic (exact) mass is 411 g/mol. The number of benzene rings is 4. The first-order valence-electron chi connectivity index (χ1n) is 11.6. The molecule has 0 amide bonds. The summed E-state index contributed by atoms with van der Waals surface area (Å²) < 4.78 is 0. The fourth-order valence-corrected chi connectivity index (χ4v) is 4.81. The Kier molecular flexibility index (Phi) is 7.01. The molecule has 0 saturated carbocycles. The topological polar surface area (TPSA) is 46.2 Å². The number of hydrogen-bond donors (Lipinski definition) is 2. The quantitative estimate of drug-likeness (QED) is 0.376. The first-order valence-corrected chi connectivity index (χ1v) is 11.6. The molecule has 4 aromatic carbocycles. The predicted octanol–water partition coefficient (Wildman–Crippen LogP) is 6.50. The first-order chi connectivity index (χ1) is 15.2. The van der Waals surface area contributed by atoms with Crippen LogP contribution >= 0.6 is 0 Å². The molecule has 31 heavy (non-hydrogen) atoms. The Morgan fingerprint density at radius 1 is 0.871 bits per heavy atom. The molecule has 4 aromatic rings. The van der Waals surface area contributed by atoms with Gasteiger partial charge in [0.2, 0.25) is 0 Å². The molecule has 1 aliphatic rings. The van der Waals surface area contributed by atoms with E-state index in [1.165, 1.54) is 52.8 Å². The van der Waals surface area contributed by atoms with E-state index < -0.39 is 0 Å². The maximum absolute atomic E-state index is 9.33. The van der Waals surface area contributed by atoms with Gasteiger partial charge < -0.3 is 10.8 Å². The molecule has 1 aliphatic carbocycles. The van der Waals surface area contributed by atoms with Crippen LogP contribution in [-0.4, -0.2) is 11.7 Å². The van der Waals surface area contributed by atoms with E-state index in [2.05, 4.69) is 42.5 Å². The van der Waals surface area contributed by atoms with E-state index in [1.807, 2.05) is 37.3 Å². The summed E-state index contributed by atoms with van der Waals surface area (Å²) in [5.41, 5.74) is 11.5. The molecule has 0 fully saturated rings. The van der Waals surface area contributed by atoms with Crippen molar-refractivity contribution in [1.29, 1.82) is 0 Å². The lowest BCUT2D eigenvalue weighted by molar-refractivity contribution is 0.173. The highest BCUT2D eigenvalue weighted by atomic mass is 16.3. The first kappa shape index (κ1) is 21.5. The van der Waals surface area contributed by atoms with Crippen LogP contribution in [0.2, 0.25) is 0 Å². The molecule has 1 atom stereocenters. The average molecular weight is 412 g/mol. The van der Waals surface area contributed by atoms with Gasteiger partial charge in [-0.15, -0.1) is 0 Å². The smallest absolute Gasteiger partial charge is 0.0787 e. The van der Waals surface area contributed by atoms with E-state index in [4.69, 9.17) is 5.73 Å². The summed E-state index contributed by atoms with van der Waals surface area (Å²) in [6.07, 6.45) is 6.57. The molecule has 0 spiro atoms. The number of rotatable bonds is 4. The third-order valence-corrected chi connectivity index (χ3v) is 6.42. The van der Waals surface area contributed by atoms with Gasteiger partial charge in [0.1, 0.15) is 0 Å². The van der Waals surface area contributed by atoms with Crippen molar-refractivity contribution in [3.63, 3.8) is 0 Å². The molecular formula is C29H33NO. The number of aliphatic hydroxyl groups excluding tert-OH is 1. The summed E-state index contributed by atoms with van der Waals surface area (Å²) >= 11 is 0. The Morgan fingerprint density at radius 3 is 2.39 bits per heavy atom. The van der Waals surface area contributed by atoms with E-state index in [1.54, 1.807) is 11.1 Å². The Morgan fingerprint density at radius 2 is 1.61 bits per heavy atom. The predicted molar refractivity (Wildman–Crippen MR) is 133 cm³/mol. The highest BCUT2D eigenvalue weighted by molar-refractivity contribution is 6.10. The molecule has 0 heterocycles. The van der Waals surface area contributed by atoms with Crippen molar-refractivity contribution in [3.8, 4) is 0 Å². The van der Waals surface area contributed by atoms with Crippen LogP contribution in [-0.2, 0) is 19.3 Å². The van der Waals surface area contributed by atoms with Crippen LogP contribution < -0.4 is 5.73 Å². The summed E-state index contributed by atoms with van der Waals surface area (Å²) in [4.78, 5) is 0. The van der Waals surface area contributed by atoms with Gasteiger partial charge in [0.15, 0.2) is 0 Å². The van der Waals surface area contributed by atoms with Gasteiger partial charge in [0.25, 0.3) is 0 Å². The molecule has 0 aromatic heterocycles. The zero-order chi connectivity index (χ0) is 21.6. The van der Waals surface area contributed by atoms with Crippen LogP contribution in [0.1, 0.15) is 54.5 Å². The summed E-state index contributed by atoms with van der Waals surface area (Å²) in [7, 11) is 0. The van der Waals surface area contributed by atoms with Gasteiger partial charge in [-0.25, -0.2) is 0 Å². The Hall–Kier alpha value is -2.68. The van der Waals surface area contributed by atoms with E-state index in [9.17, 15) is 5.11 Å². The average Bonchev–Trinajstić information content (AvgIpc) is 2.84. The fourth-order valence-electron chi connectivity index (χ4n) is 4.81. The van der Waals surface area contributed by atoms with Crippen LogP contribution in [0.5, 0.6) is 0 Å². The normalized spacial score (nSPS) is 14.0. The maximum atomic E-state index is 9.33. The fraction of sp³-hybridized carbons (Fsp3) is 0.310. The zero-order valence-corrected chi connectivity index (χ0v) is 18.5. The SMILES string of the molecule is CCC(O)c1ccccc1.NCCc1cc2ccccc2c2ccc3c(c12)CCCC3. The molecule has 0 aliphatic heterocycles. The van der Waals surface area contributed by atoms with Gasteiger partial charge in [0, 0.05) is 0 Å². The second kappa shape index (κ2) is 10.1. The van der Waals surface area contributed by atoms with Gasteiger partial charge in [0.05, 0.1) is 6.10 Å². The number of hydrogen-bond acceptors (Lipinski definition) is 2. The molecule has 2 nitrogen and oxygen atoms in total. The van der Waals surface area contributed by atoms with E-state index in [0.29, 0.717) is 0 Å². The minimum Gasteiger partial charge on any atom is -0.388 e. The van der Waals surface area contributed by atoms with Crippen molar-refractivity contribution in [2.45, 2.75) is 51.6 Å². The van der Waals surface area contributed by atoms with Crippen molar-refractivity contribution in [2.24, 2.45) is 5.73 Å². The molecule has 5 rings (SSSR count). The third kappa shape index (κ3) is 4.66. The second-order valence-electron chi connectivity index (χ2n) is 8.46. The van der Waals surface area contributed by atoms with E-state index in [-0.39, 0.29) is 6.10 Å². The van der Waals surface area contributed by atoms with Crippen molar-refractivity contribution in [3.05, 3.63) is 95.1 Å². The van der Waals surface area contributed by atoms with Crippen LogP contribution in [0.25, 0.3) is 21.5 Å². The van der Waals surface area contributed by atoms with Gasteiger partial charge >= 0.3 is 0 Å². The van der Waals surface area contributed by atoms with Gasteiger partial charge in [-0.1, -0.05) is 79.7 Å². The Bertz CT molecular complexity index is 1150. The van der Waals surface area contributed by atoms with Crippen LogP contribution in [0.15, 0.2) is 72.8 Å². The minimum atomic E-state index is -0.291. The molecule has 160 valence electrons. The molecule has 0 radical (unpaired) electrons. The number of fused-ring (bicyclic) bond motifs is 5.